The molecule has 1 rings (SSSR count). The van der Waals surface area contributed by atoms with Crippen LogP contribution >= 0.6 is 0 Å². The van der Waals surface area contributed by atoms with Crippen molar-refractivity contribution in [3.63, 3.8) is 0 Å². The zero-order chi connectivity index (χ0) is 13.6. The molecule has 96 valence electrons. The van der Waals surface area contributed by atoms with Crippen LogP contribution in [-0.2, 0) is 11.3 Å². The number of hydrogen-bond acceptors (Lipinski definition) is 2. The zero-order valence-electron chi connectivity index (χ0n) is 11.1. The lowest BCUT2D eigenvalue weighted by Gasteiger charge is -2.18. The van der Waals surface area contributed by atoms with Gasteiger partial charge in [0.2, 0.25) is 5.91 Å². The van der Waals surface area contributed by atoms with Crippen molar-refractivity contribution in [1.82, 2.24) is 5.32 Å². The highest BCUT2D eigenvalue weighted by Gasteiger charge is 2.20. The topological polar surface area (TPSA) is 49.3 Å². The molecule has 1 aromatic rings. The first-order valence-corrected chi connectivity index (χ1v) is 5.91. The molecule has 0 atom stereocenters. The third-order valence-electron chi connectivity index (χ3n) is 2.44. The van der Waals surface area contributed by atoms with Crippen LogP contribution in [0.15, 0.2) is 24.3 Å². The third kappa shape index (κ3) is 4.23. The third-order valence-corrected chi connectivity index (χ3v) is 2.44. The Hall–Kier alpha value is -1.79. The predicted molar refractivity (Wildman–Crippen MR) is 71.7 cm³/mol. The van der Waals surface area contributed by atoms with Crippen molar-refractivity contribution < 1.29 is 9.90 Å². The standard InChI is InChI=1S/C15H19NO2/c1-15(2,3)14(18)16-11-13-8-5-4-7-12(13)9-6-10-17/h4-5,7-8,17H,10-11H2,1-3H3,(H,16,18). The average Bonchev–Trinajstić information content (AvgIpc) is 2.33. The molecule has 0 unspecified atom stereocenters. The quantitative estimate of drug-likeness (QED) is 0.779. The summed E-state index contributed by atoms with van der Waals surface area (Å²) >= 11 is 0. The van der Waals surface area contributed by atoms with Gasteiger partial charge in [0, 0.05) is 17.5 Å². The highest BCUT2D eigenvalue weighted by Crippen LogP contribution is 2.13. The van der Waals surface area contributed by atoms with E-state index in [2.05, 4.69) is 17.2 Å². The van der Waals surface area contributed by atoms with Crippen LogP contribution in [0.25, 0.3) is 0 Å². The van der Waals surface area contributed by atoms with E-state index in [-0.39, 0.29) is 12.5 Å². The second kappa shape index (κ2) is 6.23. The van der Waals surface area contributed by atoms with E-state index in [1.54, 1.807) is 0 Å². The van der Waals surface area contributed by atoms with Gasteiger partial charge in [0.1, 0.15) is 6.61 Å². The molecule has 1 amide bonds. The van der Waals surface area contributed by atoms with Crippen molar-refractivity contribution in [2.24, 2.45) is 5.41 Å². The maximum Gasteiger partial charge on any atom is 0.225 e. The van der Waals surface area contributed by atoms with Gasteiger partial charge in [0.15, 0.2) is 0 Å². The highest BCUT2D eigenvalue weighted by molar-refractivity contribution is 5.81. The maximum atomic E-state index is 11.8. The number of nitrogens with one attached hydrogen (secondary N) is 1. The van der Waals surface area contributed by atoms with E-state index in [0.717, 1.165) is 11.1 Å². The van der Waals surface area contributed by atoms with Gasteiger partial charge in [-0.05, 0) is 11.6 Å². The summed E-state index contributed by atoms with van der Waals surface area (Å²) in [7, 11) is 0. The Morgan fingerprint density at radius 3 is 2.61 bits per heavy atom. The molecule has 0 aromatic heterocycles. The smallest absolute Gasteiger partial charge is 0.225 e. The van der Waals surface area contributed by atoms with Crippen LogP contribution in [0, 0.1) is 17.3 Å². The van der Waals surface area contributed by atoms with Gasteiger partial charge in [-0.1, -0.05) is 50.8 Å². The van der Waals surface area contributed by atoms with Crippen molar-refractivity contribution in [1.29, 1.82) is 0 Å². The zero-order valence-corrected chi connectivity index (χ0v) is 11.1. The predicted octanol–water partition coefficient (Wildman–Crippen LogP) is 1.69. The van der Waals surface area contributed by atoms with Crippen LogP contribution in [0.3, 0.4) is 0 Å². The van der Waals surface area contributed by atoms with Gasteiger partial charge in [0.05, 0.1) is 0 Å². The number of carbonyl (C=O) groups excluding carboxylic acids is 1. The van der Waals surface area contributed by atoms with Gasteiger partial charge in [-0.3, -0.25) is 4.79 Å². The molecule has 0 bridgehead atoms. The van der Waals surface area contributed by atoms with E-state index < -0.39 is 5.41 Å². The van der Waals surface area contributed by atoms with Gasteiger partial charge in [-0.15, -0.1) is 0 Å². The summed E-state index contributed by atoms with van der Waals surface area (Å²) < 4.78 is 0. The van der Waals surface area contributed by atoms with Gasteiger partial charge >= 0.3 is 0 Å². The van der Waals surface area contributed by atoms with E-state index >= 15 is 0 Å². The first-order valence-electron chi connectivity index (χ1n) is 5.91. The summed E-state index contributed by atoms with van der Waals surface area (Å²) in [6.07, 6.45) is 0. The van der Waals surface area contributed by atoms with Gasteiger partial charge in [-0.2, -0.15) is 0 Å². The van der Waals surface area contributed by atoms with E-state index in [1.165, 1.54) is 0 Å². The van der Waals surface area contributed by atoms with Gasteiger partial charge in [0.25, 0.3) is 0 Å². The van der Waals surface area contributed by atoms with Crippen LogP contribution in [-0.4, -0.2) is 17.6 Å². The fourth-order valence-corrected chi connectivity index (χ4v) is 1.37. The Kier molecular flexibility index (Phi) is 4.94. The molecule has 0 saturated carbocycles. The van der Waals surface area contributed by atoms with E-state index in [0.29, 0.717) is 6.54 Å². The van der Waals surface area contributed by atoms with Gasteiger partial charge < -0.3 is 10.4 Å². The van der Waals surface area contributed by atoms with Crippen molar-refractivity contribution in [3.8, 4) is 11.8 Å². The van der Waals surface area contributed by atoms with E-state index in [1.807, 2.05) is 45.0 Å². The molecular formula is C15H19NO2. The normalized spacial score (nSPS) is 10.4. The minimum absolute atomic E-state index is 0.00687. The largest absolute Gasteiger partial charge is 0.384 e. The second-order valence-electron chi connectivity index (χ2n) is 5.05. The summed E-state index contributed by atoms with van der Waals surface area (Å²) in [4.78, 5) is 11.8. The lowest BCUT2D eigenvalue weighted by atomic mass is 9.95. The number of aliphatic hydroxyl groups is 1. The van der Waals surface area contributed by atoms with Crippen molar-refractivity contribution in [2.75, 3.05) is 6.61 Å². The summed E-state index contributed by atoms with van der Waals surface area (Å²) in [6.45, 7) is 5.91. The van der Waals surface area contributed by atoms with Gasteiger partial charge in [-0.25, -0.2) is 0 Å². The molecule has 1 aromatic carbocycles. The molecular weight excluding hydrogens is 226 g/mol. The molecule has 0 aliphatic rings. The van der Waals surface area contributed by atoms with E-state index in [9.17, 15) is 4.79 Å². The molecule has 0 aliphatic heterocycles. The number of aliphatic hydroxyl groups excluding tert-OH is 1. The molecule has 0 saturated heterocycles. The Labute approximate surface area is 108 Å². The summed E-state index contributed by atoms with van der Waals surface area (Å²) in [5.74, 6) is 5.50. The van der Waals surface area contributed by atoms with Crippen LogP contribution in [0.4, 0.5) is 0 Å². The maximum absolute atomic E-state index is 11.8. The molecule has 18 heavy (non-hydrogen) atoms. The van der Waals surface area contributed by atoms with Crippen LogP contribution in [0.2, 0.25) is 0 Å². The molecule has 0 fully saturated rings. The molecule has 3 nitrogen and oxygen atoms in total. The molecule has 2 N–H and O–H groups in total. The number of rotatable bonds is 2. The SMILES string of the molecule is CC(C)(C)C(=O)NCc1ccccc1C#CCO. The highest BCUT2D eigenvalue weighted by atomic mass is 16.2. The molecule has 3 heteroatoms. The number of benzene rings is 1. The fraction of sp³-hybridized carbons (Fsp3) is 0.400. The minimum Gasteiger partial charge on any atom is -0.384 e. The Balaban J connectivity index is 2.76. The average molecular weight is 245 g/mol. The van der Waals surface area contributed by atoms with Crippen molar-refractivity contribution >= 4 is 5.91 Å². The Morgan fingerprint density at radius 2 is 2.00 bits per heavy atom. The molecule has 0 heterocycles. The summed E-state index contributed by atoms with van der Waals surface area (Å²) in [6, 6.07) is 7.59. The van der Waals surface area contributed by atoms with Crippen molar-refractivity contribution in [2.45, 2.75) is 27.3 Å². The van der Waals surface area contributed by atoms with E-state index in [4.69, 9.17) is 5.11 Å². The molecule has 0 spiro atoms. The Bertz CT molecular complexity index is 475. The monoisotopic (exact) mass is 245 g/mol. The fourth-order valence-electron chi connectivity index (χ4n) is 1.37. The molecule has 0 radical (unpaired) electrons. The number of amides is 1. The van der Waals surface area contributed by atoms with Crippen molar-refractivity contribution in [3.05, 3.63) is 35.4 Å². The van der Waals surface area contributed by atoms with Crippen LogP contribution in [0.5, 0.6) is 0 Å². The van der Waals surface area contributed by atoms with Crippen LogP contribution < -0.4 is 5.32 Å². The number of hydrogen-bond donors (Lipinski definition) is 2. The first-order chi connectivity index (χ1) is 8.45. The summed E-state index contributed by atoms with van der Waals surface area (Å²) in [5, 5.41) is 11.6. The number of carbonyl (C=O) groups is 1. The second-order valence-corrected chi connectivity index (χ2v) is 5.05. The molecule has 0 aliphatic carbocycles. The van der Waals surface area contributed by atoms with Crippen LogP contribution in [0.1, 0.15) is 31.9 Å². The first kappa shape index (κ1) is 14.3. The summed E-state index contributed by atoms with van der Waals surface area (Å²) in [5.41, 5.74) is 1.39. The minimum atomic E-state index is -0.397. The Morgan fingerprint density at radius 1 is 1.33 bits per heavy atom. The lowest BCUT2D eigenvalue weighted by molar-refractivity contribution is -0.128. The lowest BCUT2D eigenvalue weighted by Crippen LogP contribution is -2.34.